The molecule has 0 aliphatic carbocycles. The van der Waals surface area contributed by atoms with E-state index < -0.39 is 11.9 Å². The fraction of sp³-hybridized carbons (Fsp3) is 0.0833. The topological polar surface area (TPSA) is 99.5 Å². The maximum Gasteiger partial charge on any atom is 0.355 e. The first-order valence-electron chi connectivity index (χ1n) is 5.52. The van der Waals surface area contributed by atoms with E-state index in [0.717, 1.165) is 14.9 Å². The normalized spacial score (nSPS) is 10.4. The molecule has 1 amide bonds. The van der Waals surface area contributed by atoms with Crippen molar-refractivity contribution in [2.75, 3.05) is 0 Å². The number of benzene rings is 1. The number of phenolic OH excluding ortho intramolecular Hbond substituents is 1. The molecular weight excluding hydrogens is 522 g/mol. The van der Waals surface area contributed by atoms with E-state index in [1.807, 2.05) is 22.6 Å². The van der Waals surface area contributed by atoms with Gasteiger partial charge in [0.25, 0.3) is 5.91 Å². The van der Waals surface area contributed by atoms with E-state index in [9.17, 15) is 14.7 Å². The highest BCUT2D eigenvalue weighted by Gasteiger charge is 2.15. The molecule has 1 aromatic heterocycles. The molecule has 110 valence electrons. The number of carbonyl (C=O) groups excluding carboxylic acids is 1. The number of carboxylic acid groups (broad SMARTS) is 1. The van der Waals surface area contributed by atoms with Crippen molar-refractivity contribution in [3.05, 3.63) is 40.9 Å². The number of halogens is 2. The number of rotatable bonds is 4. The number of aromatic hydroxyl groups is 1. The van der Waals surface area contributed by atoms with Crippen molar-refractivity contribution in [2.24, 2.45) is 0 Å². The van der Waals surface area contributed by atoms with Crippen LogP contribution in [0.3, 0.4) is 0 Å². The number of hydrogen-bond acceptors (Lipinski definition) is 5. The van der Waals surface area contributed by atoms with Gasteiger partial charge in [0.05, 0.1) is 15.7 Å². The number of nitrogens with one attached hydrogen (secondary N) is 1. The predicted octanol–water partition coefficient (Wildman–Crippen LogP) is 2.69. The summed E-state index contributed by atoms with van der Waals surface area (Å²) >= 11 is 5.16. The van der Waals surface area contributed by atoms with E-state index in [2.05, 4.69) is 32.9 Å². The molecule has 0 fully saturated rings. The molecule has 0 aliphatic rings. The first-order valence-corrected chi connectivity index (χ1v) is 8.56. The van der Waals surface area contributed by atoms with Gasteiger partial charge in [0.2, 0.25) is 0 Å². The van der Waals surface area contributed by atoms with Crippen molar-refractivity contribution >= 4 is 68.4 Å². The van der Waals surface area contributed by atoms with Gasteiger partial charge in [-0.15, -0.1) is 11.3 Å². The van der Waals surface area contributed by atoms with Crippen LogP contribution in [0.25, 0.3) is 0 Å². The van der Waals surface area contributed by atoms with Crippen molar-refractivity contribution in [2.45, 2.75) is 6.54 Å². The van der Waals surface area contributed by atoms with Gasteiger partial charge in [0, 0.05) is 8.95 Å². The van der Waals surface area contributed by atoms with Gasteiger partial charge in [-0.05, 0) is 57.3 Å². The van der Waals surface area contributed by atoms with Crippen LogP contribution >= 0.6 is 56.5 Å². The summed E-state index contributed by atoms with van der Waals surface area (Å²) in [7, 11) is 0. The van der Waals surface area contributed by atoms with Crippen LogP contribution in [0.5, 0.6) is 5.75 Å². The number of phenols is 1. The molecule has 0 saturated carbocycles. The van der Waals surface area contributed by atoms with Crippen LogP contribution in [0, 0.1) is 7.14 Å². The van der Waals surface area contributed by atoms with Gasteiger partial charge >= 0.3 is 5.97 Å². The highest BCUT2D eigenvalue weighted by atomic mass is 127. The summed E-state index contributed by atoms with van der Waals surface area (Å²) in [5.41, 5.74) is 0.136. The molecular formula is C12H8I2N2O4S. The van der Waals surface area contributed by atoms with E-state index in [0.29, 0.717) is 8.58 Å². The molecule has 0 spiro atoms. The molecule has 1 aromatic carbocycles. The molecule has 9 heteroatoms. The lowest BCUT2D eigenvalue weighted by molar-refractivity contribution is 0.0691. The Morgan fingerprint density at radius 1 is 1.33 bits per heavy atom. The van der Waals surface area contributed by atoms with Crippen LogP contribution in [-0.4, -0.2) is 27.1 Å². The third kappa shape index (κ3) is 4.03. The maximum absolute atomic E-state index is 12.1. The number of carbonyl (C=O) groups is 2. The van der Waals surface area contributed by atoms with Crippen LogP contribution in [0.2, 0.25) is 0 Å². The quantitative estimate of drug-likeness (QED) is 0.529. The highest BCUT2D eigenvalue weighted by Crippen LogP contribution is 2.27. The van der Waals surface area contributed by atoms with Gasteiger partial charge < -0.3 is 15.5 Å². The van der Waals surface area contributed by atoms with E-state index in [1.165, 1.54) is 5.38 Å². The fourth-order valence-corrected chi connectivity index (χ4v) is 4.03. The van der Waals surface area contributed by atoms with Crippen molar-refractivity contribution in [1.29, 1.82) is 0 Å². The van der Waals surface area contributed by atoms with Gasteiger partial charge in [-0.25, -0.2) is 9.78 Å². The average molecular weight is 530 g/mol. The number of nitrogens with zero attached hydrogens (tertiary/aromatic N) is 1. The molecule has 0 aliphatic heterocycles. The summed E-state index contributed by atoms with van der Waals surface area (Å²) in [6.07, 6.45) is 0. The van der Waals surface area contributed by atoms with Crippen molar-refractivity contribution in [3.8, 4) is 5.75 Å². The summed E-state index contributed by atoms with van der Waals surface area (Å²) in [5, 5.41) is 23.2. The molecule has 3 N–H and O–H groups in total. The van der Waals surface area contributed by atoms with E-state index in [1.54, 1.807) is 12.1 Å². The maximum atomic E-state index is 12.1. The second-order valence-corrected chi connectivity index (χ2v) is 7.25. The number of carboxylic acids is 1. The SMILES string of the molecule is O=C(O)c1csc(CNC(=O)c2cc(I)cc(I)c2O)n1. The number of amides is 1. The Hall–Kier alpha value is -0.950. The predicted molar refractivity (Wildman–Crippen MR) is 93.8 cm³/mol. The van der Waals surface area contributed by atoms with E-state index >= 15 is 0 Å². The molecule has 6 nitrogen and oxygen atoms in total. The van der Waals surface area contributed by atoms with Crippen molar-refractivity contribution in [3.63, 3.8) is 0 Å². The Balaban J connectivity index is 2.09. The Kier molecular flexibility index (Phi) is 5.37. The molecule has 0 unspecified atom stereocenters. The van der Waals surface area contributed by atoms with Crippen LogP contribution in [-0.2, 0) is 6.54 Å². The van der Waals surface area contributed by atoms with Crippen LogP contribution < -0.4 is 5.32 Å². The zero-order valence-electron chi connectivity index (χ0n) is 10.3. The molecule has 0 bridgehead atoms. The summed E-state index contributed by atoms with van der Waals surface area (Å²) in [6, 6.07) is 3.34. The van der Waals surface area contributed by atoms with Crippen LogP contribution in [0.4, 0.5) is 0 Å². The standard InChI is InChI=1S/C12H8I2N2O4S/c13-5-1-6(10(17)7(14)2-5)11(18)15-3-9-16-8(4-21-9)12(19)20/h1-2,4,17H,3H2,(H,15,18)(H,19,20). The number of aromatic carboxylic acids is 1. The van der Waals surface area contributed by atoms with E-state index in [4.69, 9.17) is 5.11 Å². The second kappa shape index (κ2) is 6.87. The Labute approximate surface area is 150 Å². The zero-order chi connectivity index (χ0) is 15.6. The molecule has 21 heavy (non-hydrogen) atoms. The van der Waals surface area contributed by atoms with Crippen LogP contribution in [0.1, 0.15) is 25.9 Å². The highest BCUT2D eigenvalue weighted by molar-refractivity contribution is 14.1. The van der Waals surface area contributed by atoms with Crippen molar-refractivity contribution < 1.29 is 19.8 Å². The molecule has 0 radical (unpaired) electrons. The fourth-order valence-electron chi connectivity index (χ4n) is 1.48. The van der Waals surface area contributed by atoms with Crippen molar-refractivity contribution in [1.82, 2.24) is 10.3 Å². The van der Waals surface area contributed by atoms with Crippen LogP contribution in [0.15, 0.2) is 17.5 Å². The third-order valence-electron chi connectivity index (χ3n) is 2.44. The molecule has 1 heterocycles. The largest absolute Gasteiger partial charge is 0.506 e. The third-order valence-corrected chi connectivity index (χ3v) is 4.74. The van der Waals surface area contributed by atoms with Gasteiger partial charge in [0.15, 0.2) is 5.69 Å². The Morgan fingerprint density at radius 2 is 2.05 bits per heavy atom. The lowest BCUT2D eigenvalue weighted by Gasteiger charge is -2.07. The lowest BCUT2D eigenvalue weighted by Crippen LogP contribution is -2.23. The number of hydrogen-bond donors (Lipinski definition) is 3. The van der Waals surface area contributed by atoms with Gasteiger partial charge in [-0.3, -0.25) is 4.79 Å². The molecule has 0 saturated heterocycles. The monoisotopic (exact) mass is 530 g/mol. The van der Waals surface area contributed by atoms with Gasteiger partial charge in [0.1, 0.15) is 10.8 Å². The Bertz CT molecular complexity index is 717. The number of thiazole rings is 1. The summed E-state index contributed by atoms with van der Waals surface area (Å²) in [5.74, 6) is -1.61. The first kappa shape index (κ1) is 16.4. The summed E-state index contributed by atoms with van der Waals surface area (Å²) in [6.45, 7) is 0.109. The first-order chi connectivity index (χ1) is 9.88. The number of aromatic nitrogens is 1. The van der Waals surface area contributed by atoms with Gasteiger partial charge in [-0.1, -0.05) is 0 Å². The minimum atomic E-state index is -1.10. The second-order valence-electron chi connectivity index (χ2n) is 3.90. The minimum absolute atomic E-state index is 0.0455. The molecule has 2 rings (SSSR count). The zero-order valence-corrected chi connectivity index (χ0v) is 15.4. The summed E-state index contributed by atoms with van der Waals surface area (Å²) < 4.78 is 1.43. The lowest BCUT2D eigenvalue weighted by atomic mass is 10.2. The average Bonchev–Trinajstić information content (AvgIpc) is 2.89. The van der Waals surface area contributed by atoms with E-state index in [-0.39, 0.29) is 23.6 Å². The van der Waals surface area contributed by atoms with Gasteiger partial charge in [-0.2, -0.15) is 0 Å². The summed E-state index contributed by atoms with van der Waals surface area (Å²) in [4.78, 5) is 26.7. The smallest absolute Gasteiger partial charge is 0.355 e. The minimum Gasteiger partial charge on any atom is -0.506 e. The molecule has 2 aromatic rings. The molecule has 0 atom stereocenters. The Morgan fingerprint density at radius 3 is 2.67 bits per heavy atom.